The average molecular weight is 167 g/mol. The third kappa shape index (κ3) is 3.12. The van der Waals surface area contributed by atoms with Crippen molar-refractivity contribution in [3.05, 3.63) is 23.4 Å². The van der Waals surface area contributed by atoms with E-state index in [1.54, 1.807) is 0 Å². The fraction of sp³-hybridized carbons (Fsp3) is 0.636. The summed E-state index contributed by atoms with van der Waals surface area (Å²) in [7, 11) is 0. The van der Waals surface area contributed by atoms with E-state index < -0.39 is 0 Å². The van der Waals surface area contributed by atoms with Gasteiger partial charge in [-0.25, -0.2) is 0 Å². The zero-order valence-electron chi connectivity index (χ0n) is 8.78. The maximum Gasteiger partial charge on any atom is 0.0326 e. The Bertz CT molecular complexity index is 146. The molecule has 0 aromatic carbocycles. The van der Waals surface area contributed by atoms with Crippen LogP contribution < -0.4 is 5.32 Å². The van der Waals surface area contributed by atoms with E-state index in [-0.39, 0.29) is 0 Å². The Morgan fingerprint density at radius 3 is 2.25 bits per heavy atom. The van der Waals surface area contributed by atoms with Gasteiger partial charge in [-0.05, 0) is 32.3 Å². The molecule has 0 atom stereocenters. The number of nitrogens with one attached hydrogen (secondary N) is 1. The zero-order chi connectivity index (χ0) is 9.40. The predicted octanol–water partition coefficient (Wildman–Crippen LogP) is 3.25. The minimum absolute atomic E-state index is 1.14. The molecule has 1 aliphatic heterocycles. The summed E-state index contributed by atoms with van der Waals surface area (Å²) in [6, 6.07) is 0. The molecule has 1 N–H and O–H groups in total. The van der Waals surface area contributed by atoms with Crippen molar-refractivity contribution in [3.8, 4) is 0 Å². The smallest absolute Gasteiger partial charge is 0.0326 e. The number of allylic oxidation sites excluding steroid dienone is 3. The lowest BCUT2D eigenvalue weighted by Gasteiger charge is -2.19. The van der Waals surface area contributed by atoms with Gasteiger partial charge in [-0.3, -0.25) is 0 Å². The second-order valence-electron chi connectivity index (χ2n) is 2.55. The minimum atomic E-state index is 1.14. The van der Waals surface area contributed by atoms with Crippen molar-refractivity contribution in [1.29, 1.82) is 0 Å². The van der Waals surface area contributed by atoms with Crippen LogP contribution in [0.15, 0.2) is 23.4 Å². The molecule has 0 unspecified atom stereocenters. The first-order valence-electron chi connectivity index (χ1n) is 4.94. The largest absolute Gasteiger partial charge is 0.385 e. The first-order valence-corrected chi connectivity index (χ1v) is 4.94. The van der Waals surface area contributed by atoms with Crippen LogP contribution in [0, 0.1) is 0 Å². The fourth-order valence-electron chi connectivity index (χ4n) is 1.34. The van der Waals surface area contributed by atoms with E-state index in [4.69, 9.17) is 0 Å². The van der Waals surface area contributed by atoms with Crippen LogP contribution in [0.4, 0.5) is 0 Å². The average Bonchev–Trinajstić information content (AvgIpc) is 2.20. The Morgan fingerprint density at radius 2 is 1.83 bits per heavy atom. The van der Waals surface area contributed by atoms with E-state index in [1.165, 1.54) is 24.1 Å². The van der Waals surface area contributed by atoms with Gasteiger partial charge in [0.2, 0.25) is 0 Å². The van der Waals surface area contributed by atoms with Gasteiger partial charge in [-0.2, -0.15) is 0 Å². The highest BCUT2D eigenvalue weighted by molar-refractivity contribution is 5.30. The van der Waals surface area contributed by atoms with Gasteiger partial charge in [0.05, 0.1) is 0 Å². The van der Waals surface area contributed by atoms with E-state index in [1.807, 2.05) is 13.8 Å². The topological polar surface area (TPSA) is 12.0 Å². The van der Waals surface area contributed by atoms with E-state index in [2.05, 4.69) is 31.3 Å². The second-order valence-corrected chi connectivity index (χ2v) is 2.55. The van der Waals surface area contributed by atoms with Gasteiger partial charge in [-0.15, -0.1) is 0 Å². The van der Waals surface area contributed by atoms with Gasteiger partial charge in [0, 0.05) is 12.2 Å². The molecular weight excluding hydrogens is 146 g/mol. The van der Waals surface area contributed by atoms with Crippen LogP contribution in [0.3, 0.4) is 0 Å². The number of hydrogen-bond donors (Lipinski definition) is 1. The Kier molecular flexibility index (Phi) is 6.54. The first-order chi connectivity index (χ1) is 5.88. The molecule has 1 aliphatic rings. The highest BCUT2D eigenvalue weighted by Crippen LogP contribution is 2.17. The monoisotopic (exact) mass is 167 g/mol. The summed E-state index contributed by atoms with van der Waals surface area (Å²) in [5.41, 5.74) is 2.79. The molecule has 70 valence electrons. The Labute approximate surface area is 76.6 Å². The molecule has 0 saturated carbocycles. The zero-order valence-corrected chi connectivity index (χ0v) is 8.78. The van der Waals surface area contributed by atoms with Crippen molar-refractivity contribution in [2.45, 2.75) is 40.5 Å². The van der Waals surface area contributed by atoms with Crippen LogP contribution in [-0.2, 0) is 0 Å². The Morgan fingerprint density at radius 1 is 1.17 bits per heavy atom. The molecule has 0 aliphatic carbocycles. The molecule has 12 heavy (non-hydrogen) atoms. The number of rotatable bonds is 0. The lowest BCUT2D eigenvalue weighted by molar-refractivity contribution is 0.667. The third-order valence-electron chi connectivity index (χ3n) is 1.92. The highest BCUT2D eigenvalue weighted by Gasteiger charge is 2.07. The molecule has 0 aromatic rings. The fourth-order valence-corrected chi connectivity index (χ4v) is 1.34. The SMILES string of the molecule is C/C=C1/CCCN/C1=C/C.CC. The maximum absolute atomic E-state index is 3.36. The van der Waals surface area contributed by atoms with Crippen molar-refractivity contribution in [2.75, 3.05) is 6.54 Å². The third-order valence-corrected chi connectivity index (χ3v) is 1.92. The van der Waals surface area contributed by atoms with Gasteiger partial charge in [0.25, 0.3) is 0 Å². The van der Waals surface area contributed by atoms with Crippen molar-refractivity contribution in [3.63, 3.8) is 0 Å². The van der Waals surface area contributed by atoms with Gasteiger partial charge in [0.1, 0.15) is 0 Å². The van der Waals surface area contributed by atoms with Crippen molar-refractivity contribution >= 4 is 0 Å². The summed E-state index contributed by atoms with van der Waals surface area (Å²) in [6.07, 6.45) is 6.86. The van der Waals surface area contributed by atoms with E-state index >= 15 is 0 Å². The lowest BCUT2D eigenvalue weighted by atomic mass is 10.0. The molecule has 1 nitrogen and oxygen atoms in total. The van der Waals surface area contributed by atoms with Crippen molar-refractivity contribution in [2.24, 2.45) is 0 Å². The lowest BCUT2D eigenvalue weighted by Crippen LogP contribution is -2.21. The molecular formula is C11H21N. The first kappa shape index (κ1) is 11.3. The van der Waals surface area contributed by atoms with E-state index in [0.29, 0.717) is 0 Å². The number of piperidine rings is 1. The van der Waals surface area contributed by atoms with Crippen molar-refractivity contribution in [1.82, 2.24) is 5.32 Å². The quantitative estimate of drug-likeness (QED) is 0.584. The van der Waals surface area contributed by atoms with Crippen LogP contribution in [0.5, 0.6) is 0 Å². The Hall–Kier alpha value is -0.720. The molecule has 1 heterocycles. The van der Waals surface area contributed by atoms with Crippen LogP contribution in [0.2, 0.25) is 0 Å². The molecule has 0 aromatic heterocycles. The minimum Gasteiger partial charge on any atom is -0.385 e. The molecule has 0 radical (unpaired) electrons. The standard InChI is InChI=1S/C9H15N.C2H6/c1-3-8-6-5-7-10-9(8)4-2;1-2/h3-4,10H,5-7H2,1-2H3;1-2H3/b8-3-,9-4+;. The number of hydrogen-bond acceptors (Lipinski definition) is 1. The highest BCUT2D eigenvalue weighted by atomic mass is 14.9. The maximum atomic E-state index is 3.36. The summed E-state index contributed by atoms with van der Waals surface area (Å²) in [5, 5.41) is 3.36. The summed E-state index contributed by atoms with van der Waals surface area (Å²) in [4.78, 5) is 0. The van der Waals surface area contributed by atoms with Crippen LogP contribution in [0.25, 0.3) is 0 Å². The molecule has 1 rings (SSSR count). The molecule has 1 saturated heterocycles. The summed E-state index contributed by atoms with van der Waals surface area (Å²) in [5.74, 6) is 0. The van der Waals surface area contributed by atoms with Gasteiger partial charge in [0.15, 0.2) is 0 Å². The molecule has 1 fully saturated rings. The molecule has 0 spiro atoms. The second kappa shape index (κ2) is 6.96. The molecule has 0 bridgehead atoms. The van der Waals surface area contributed by atoms with Crippen molar-refractivity contribution < 1.29 is 0 Å². The van der Waals surface area contributed by atoms with Gasteiger partial charge in [-0.1, -0.05) is 26.0 Å². The summed E-state index contributed by atoms with van der Waals surface area (Å²) < 4.78 is 0. The van der Waals surface area contributed by atoms with Crippen LogP contribution in [-0.4, -0.2) is 6.54 Å². The predicted molar refractivity (Wildman–Crippen MR) is 56.1 cm³/mol. The van der Waals surface area contributed by atoms with Gasteiger partial charge < -0.3 is 5.32 Å². The molecule has 1 heteroatoms. The van der Waals surface area contributed by atoms with Crippen LogP contribution >= 0.6 is 0 Å². The summed E-state index contributed by atoms with van der Waals surface area (Å²) >= 11 is 0. The van der Waals surface area contributed by atoms with Gasteiger partial charge >= 0.3 is 0 Å². The normalized spacial score (nSPS) is 23.0. The Balaban J connectivity index is 0.000000561. The summed E-state index contributed by atoms with van der Waals surface area (Å²) in [6.45, 7) is 9.32. The van der Waals surface area contributed by atoms with E-state index in [0.717, 1.165) is 6.54 Å². The van der Waals surface area contributed by atoms with E-state index in [9.17, 15) is 0 Å². The molecule has 0 amide bonds. The van der Waals surface area contributed by atoms with Crippen LogP contribution in [0.1, 0.15) is 40.5 Å².